The summed E-state index contributed by atoms with van der Waals surface area (Å²) < 4.78 is 5.88. The first-order chi connectivity index (χ1) is 9.81. The Morgan fingerprint density at radius 2 is 1.33 bits per heavy atom. The van der Waals surface area contributed by atoms with Crippen molar-refractivity contribution in [3.8, 4) is 0 Å². The van der Waals surface area contributed by atoms with Gasteiger partial charge in [0.15, 0.2) is 9.76 Å². The molecule has 0 rings (SSSR count). The van der Waals surface area contributed by atoms with Crippen LogP contribution in [0.1, 0.15) is 26.2 Å². The van der Waals surface area contributed by atoms with Crippen LogP contribution in [-0.2, 0) is 4.43 Å². The van der Waals surface area contributed by atoms with Gasteiger partial charge in [-0.1, -0.05) is 13.3 Å². The Bertz CT molecular complexity index is 221. The maximum Gasteiger partial charge on any atom is 0.161 e. The second-order valence-electron chi connectivity index (χ2n) is 7.28. The molecule has 0 bridgehead atoms. The first-order valence-electron chi connectivity index (χ1n) is 8.33. The molecule has 0 spiro atoms. The van der Waals surface area contributed by atoms with Gasteiger partial charge in [-0.25, -0.2) is 0 Å². The number of hydrogen-bond acceptors (Lipinski definition) is 4. The molecule has 0 aliphatic heterocycles. The van der Waals surface area contributed by atoms with Gasteiger partial charge in [-0.05, 0) is 61.2 Å². The van der Waals surface area contributed by atoms with Gasteiger partial charge >= 0.3 is 0 Å². The van der Waals surface area contributed by atoms with Crippen molar-refractivity contribution in [1.82, 2.24) is 14.7 Å². The van der Waals surface area contributed by atoms with E-state index in [4.69, 9.17) is 4.43 Å². The summed E-state index contributed by atoms with van der Waals surface area (Å²) >= 11 is 0. The summed E-state index contributed by atoms with van der Waals surface area (Å²) in [5.41, 5.74) is 0.345. The van der Waals surface area contributed by atoms with Gasteiger partial charge in [-0.2, -0.15) is 0 Å². The van der Waals surface area contributed by atoms with E-state index in [1.54, 1.807) is 0 Å². The SMILES string of the molecule is CCCCO[SiH2]CCC(CN(C)C)(CN(C)C)CN(C)C. The summed E-state index contributed by atoms with van der Waals surface area (Å²) in [6, 6.07) is 1.29. The highest BCUT2D eigenvalue weighted by Crippen LogP contribution is 2.27. The van der Waals surface area contributed by atoms with Crippen LogP contribution in [0.3, 0.4) is 0 Å². The third-order valence-electron chi connectivity index (χ3n) is 3.59. The fourth-order valence-electron chi connectivity index (χ4n) is 3.30. The summed E-state index contributed by atoms with van der Waals surface area (Å²) in [5.74, 6) is 0. The molecule has 0 aliphatic rings. The zero-order chi connectivity index (χ0) is 16.3. The van der Waals surface area contributed by atoms with E-state index in [1.165, 1.54) is 25.3 Å². The van der Waals surface area contributed by atoms with Gasteiger partial charge in [0, 0.05) is 31.7 Å². The molecule has 128 valence electrons. The van der Waals surface area contributed by atoms with Gasteiger partial charge in [-0.3, -0.25) is 0 Å². The molecular weight excluding hydrogens is 278 g/mol. The first kappa shape index (κ1) is 21.1. The highest BCUT2D eigenvalue weighted by atomic mass is 28.2. The average molecular weight is 318 g/mol. The Labute approximate surface area is 135 Å². The number of rotatable bonds is 13. The van der Waals surface area contributed by atoms with Gasteiger partial charge in [0.1, 0.15) is 0 Å². The fraction of sp³-hybridized carbons (Fsp3) is 1.00. The van der Waals surface area contributed by atoms with Gasteiger partial charge in [0.05, 0.1) is 0 Å². The lowest BCUT2D eigenvalue weighted by Gasteiger charge is -2.40. The molecule has 0 atom stereocenters. The predicted molar refractivity (Wildman–Crippen MR) is 96.9 cm³/mol. The van der Waals surface area contributed by atoms with Crippen molar-refractivity contribution in [3.05, 3.63) is 0 Å². The average Bonchev–Trinajstić information content (AvgIpc) is 2.30. The molecule has 0 radical (unpaired) electrons. The molecule has 0 fully saturated rings. The van der Waals surface area contributed by atoms with E-state index >= 15 is 0 Å². The minimum atomic E-state index is -0.346. The highest BCUT2D eigenvalue weighted by Gasteiger charge is 2.31. The van der Waals surface area contributed by atoms with Gasteiger partial charge in [0.25, 0.3) is 0 Å². The Balaban J connectivity index is 4.51. The molecule has 0 aliphatic carbocycles. The lowest BCUT2D eigenvalue weighted by molar-refractivity contribution is 0.1000. The Morgan fingerprint density at radius 1 is 0.857 bits per heavy atom. The van der Waals surface area contributed by atoms with E-state index in [9.17, 15) is 0 Å². The molecule has 0 amide bonds. The van der Waals surface area contributed by atoms with Crippen molar-refractivity contribution >= 4 is 9.76 Å². The van der Waals surface area contributed by atoms with Crippen LogP contribution in [0.5, 0.6) is 0 Å². The number of unbranched alkanes of at least 4 members (excludes halogenated alkanes) is 1. The second kappa shape index (κ2) is 11.6. The quantitative estimate of drug-likeness (QED) is 0.377. The van der Waals surface area contributed by atoms with Crippen molar-refractivity contribution < 1.29 is 4.43 Å². The highest BCUT2D eigenvalue weighted by molar-refractivity contribution is 6.27. The molecule has 0 saturated carbocycles. The largest absolute Gasteiger partial charge is 0.424 e. The normalized spacial score (nSPS) is 13.4. The molecule has 0 N–H and O–H groups in total. The first-order valence-corrected chi connectivity index (χ1v) is 9.91. The summed E-state index contributed by atoms with van der Waals surface area (Å²) in [6.07, 6.45) is 3.73. The van der Waals surface area contributed by atoms with Crippen LogP contribution >= 0.6 is 0 Å². The standard InChI is InChI=1S/C16H39N3OSi/c1-8-9-11-20-21-12-10-16(13-17(2)3,14-18(4)5)15-19(6)7/h8-15,21H2,1-7H3. The van der Waals surface area contributed by atoms with Crippen molar-refractivity contribution in [2.24, 2.45) is 5.41 Å². The third-order valence-corrected chi connectivity index (χ3v) is 4.81. The summed E-state index contributed by atoms with van der Waals surface area (Å²) in [5, 5.41) is 0. The second-order valence-corrected chi connectivity index (χ2v) is 8.81. The molecule has 0 aromatic heterocycles. The van der Waals surface area contributed by atoms with Crippen LogP contribution in [0.25, 0.3) is 0 Å². The molecule has 0 saturated heterocycles. The molecule has 0 aromatic carbocycles. The molecule has 5 heteroatoms. The van der Waals surface area contributed by atoms with Gasteiger partial charge in [-0.15, -0.1) is 0 Å². The van der Waals surface area contributed by atoms with E-state index in [0.717, 1.165) is 26.2 Å². The lowest BCUT2D eigenvalue weighted by atomic mass is 9.83. The van der Waals surface area contributed by atoms with E-state index in [0.29, 0.717) is 5.41 Å². The molecule has 0 unspecified atom stereocenters. The van der Waals surface area contributed by atoms with Crippen LogP contribution < -0.4 is 0 Å². The maximum absolute atomic E-state index is 5.88. The van der Waals surface area contributed by atoms with Crippen molar-refractivity contribution in [3.63, 3.8) is 0 Å². The zero-order valence-corrected chi connectivity index (χ0v) is 17.0. The predicted octanol–water partition coefficient (Wildman–Crippen LogP) is 1.37. The Hall–Kier alpha value is 0.0569. The minimum Gasteiger partial charge on any atom is -0.424 e. The molecule has 21 heavy (non-hydrogen) atoms. The number of nitrogens with zero attached hydrogens (tertiary/aromatic N) is 3. The minimum absolute atomic E-state index is 0.345. The molecular formula is C16H39N3OSi. The molecule has 0 aromatic rings. The lowest BCUT2D eigenvalue weighted by Crippen LogP contribution is -2.48. The van der Waals surface area contributed by atoms with Crippen LogP contribution in [0.4, 0.5) is 0 Å². The van der Waals surface area contributed by atoms with E-state index in [1.807, 2.05) is 0 Å². The van der Waals surface area contributed by atoms with E-state index < -0.39 is 0 Å². The maximum atomic E-state index is 5.88. The summed E-state index contributed by atoms with van der Waals surface area (Å²) in [6.45, 7) is 6.64. The fourth-order valence-corrected chi connectivity index (χ4v) is 4.80. The Morgan fingerprint density at radius 3 is 1.71 bits per heavy atom. The van der Waals surface area contributed by atoms with Gasteiger partial charge in [0.2, 0.25) is 0 Å². The molecule has 4 nitrogen and oxygen atoms in total. The molecule has 0 heterocycles. The monoisotopic (exact) mass is 317 g/mol. The summed E-state index contributed by atoms with van der Waals surface area (Å²) in [4.78, 5) is 7.02. The van der Waals surface area contributed by atoms with Crippen molar-refractivity contribution in [2.75, 3.05) is 68.5 Å². The van der Waals surface area contributed by atoms with E-state index in [2.05, 4.69) is 63.9 Å². The van der Waals surface area contributed by atoms with Crippen molar-refractivity contribution in [1.29, 1.82) is 0 Å². The Kier molecular flexibility index (Phi) is 11.6. The van der Waals surface area contributed by atoms with Crippen LogP contribution in [-0.4, -0.2) is 93.0 Å². The summed E-state index contributed by atoms with van der Waals surface area (Å²) in [7, 11) is 12.8. The smallest absolute Gasteiger partial charge is 0.161 e. The topological polar surface area (TPSA) is 19.0 Å². The number of hydrogen-bond donors (Lipinski definition) is 0. The third kappa shape index (κ3) is 11.3. The van der Waals surface area contributed by atoms with Crippen LogP contribution in [0, 0.1) is 5.41 Å². The van der Waals surface area contributed by atoms with Crippen LogP contribution in [0.15, 0.2) is 0 Å². The zero-order valence-electron chi connectivity index (χ0n) is 15.6. The van der Waals surface area contributed by atoms with Crippen molar-refractivity contribution in [2.45, 2.75) is 32.2 Å². The van der Waals surface area contributed by atoms with Crippen LogP contribution in [0.2, 0.25) is 6.04 Å². The van der Waals surface area contributed by atoms with Gasteiger partial charge < -0.3 is 19.1 Å². The van der Waals surface area contributed by atoms with E-state index in [-0.39, 0.29) is 9.76 Å².